The lowest BCUT2D eigenvalue weighted by atomic mass is 10.1. The van der Waals surface area contributed by atoms with Crippen molar-refractivity contribution in [1.29, 1.82) is 0 Å². The maximum absolute atomic E-state index is 14.0. The van der Waals surface area contributed by atoms with Gasteiger partial charge in [0.2, 0.25) is 0 Å². The van der Waals surface area contributed by atoms with Gasteiger partial charge < -0.3 is 10.3 Å². The van der Waals surface area contributed by atoms with Gasteiger partial charge >= 0.3 is 0 Å². The molecule has 138 valence electrons. The van der Waals surface area contributed by atoms with E-state index in [-0.39, 0.29) is 21.8 Å². The van der Waals surface area contributed by atoms with Crippen LogP contribution in [0.4, 0.5) is 10.1 Å². The van der Waals surface area contributed by atoms with Gasteiger partial charge in [0.05, 0.1) is 22.0 Å². The Bertz CT molecular complexity index is 980. The molecule has 0 spiro atoms. The van der Waals surface area contributed by atoms with Crippen LogP contribution in [0.5, 0.6) is 0 Å². The highest BCUT2D eigenvalue weighted by molar-refractivity contribution is 6.35. The number of ketones is 1. The Morgan fingerprint density at radius 2 is 2.07 bits per heavy atom. The lowest BCUT2D eigenvalue weighted by molar-refractivity contribution is 0.102. The molecule has 0 unspecified atom stereocenters. The molecule has 0 radical (unpaired) electrons. The zero-order chi connectivity index (χ0) is 19.4. The molecule has 1 amide bonds. The van der Waals surface area contributed by atoms with Gasteiger partial charge in [-0.3, -0.25) is 14.6 Å². The van der Waals surface area contributed by atoms with Gasteiger partial charge in [-0.1, -0.05) is 31.0 Å². The second-order valence-corrected chi connectivity index (χ2v) is 6.34. The van der Waals surface area contributed by atoms with Crippen LogP contribution < -0.4 is 5.32 Å². The van der Waals surface area contributed by atoms with Crippen molar-refractivity contribution in [2.24, 2.45) is 0 Å². The molecule has 0 atom stereocenters. The number of carbonyl (C=O) groups is 2. The Morgan fingerprint density at radius 1 is 1.26 bits per heavy atom. The number of amides is 1. The van der Waals surface area contributed by atoms with Crippen LogP contribution in [-0.2, 0) is 6.42 Å². The normalized spacial score (nSPS) is 10.6. The van der Waals surface area contributed by atoms with Gasteiger partial charge in [0.25, 0.3) is 5.91 Å². The van der Waals surface area contributed by atoms with Gasteiger partial charge in [0.1, 0.15) is 11.5 Å². The molecule has 3 aromatic rings. The molecule has 0 saturated heterocycles. The second kappa shape index (κ2) is 8.14. The predicted octanol–water partition coefficient (Wildman–Crippen LogP) is 4.64. The minimum atomic E-state index is -0.709. The van der Waals surface area contributed by atoms with Gasteiger partial charge in [0, 0.05) is 18.0 Å². The third-order valence-corrected chi connectivity index (χ3v) is 4.32. The van der Waals surface area contributed by atoms with Gasteiger partial charge in [-0.25, -0.2) is 4.39 Å². The summed E-state index contributed by atoms with van der Waals surface area (Å²) in [6.07, 6.45) is 4.65. The first-order chi connectivity index (χ1) is 13.0. The summed E-state index contributed by atoms with van der Waals surface area (Å²) in [4.78, 5) is 32.1. The molecule has 0 aliphatic heterocycles. The number of aromatic nitrogens is 2. The van der Waals surface area contributed by atoms with E-state index in [0.717, 1.165) is 24.6 Å². The fourth-order valence-corrected chi connectivity index (χ4v) is 2.94. The van der Waals surface area contributed by atoms with E-state index in [2.05, 4.69) is 15.3 Å². The molecule has 1 aromatic carbocycles. The molecule has 0 fully saturated rings. The number of hydrogen-bond donors (Lipinski definition) is 2. The number of hydrogen-bond acceptors (Lipinski definition) is 3. The van der Waals surface area contributed by atoms with Gasteiger partial charge in [-0.15, -0.1) is 0 Å². The van der Waals surface area contributed by atoms with Crippen molar-refractivity contribution in [3.8, 4) is 0 Å². The van der Waals surface area contributed by atoms with Crippen molar-refractivity contribution in [2.75, 3.05) is 5.32 Å². The molecular weight excluding hydrogens is 369 g/mol. The van der Waals surface area contributed by atoms with Crippen LogP contribution in [0.2, 0.25) is 5.02 Å². The number of nitrogens with zero attached hydrogens (tertiary/aromatic N) is 1. The largest absolute Gasteiger partial charge is 0.356 e. The van der Waals surface area contributed by atoms with Gasteiger partial charge in [0.15, 0.2) is 5.78 Å². The highest BCUT2D eigenvalue weighted by Gasteiger charge is 2.20. The van der Waals surface area contributed by atoms with Crippen LogP contribution in [0.25, 0.3) is 0 Å². The number of anilines is 1. The fourth-order valence-electron chi connectivity index (χ4n) is 2.69. The van der Waals surface area contributed by atoms with E-state index in [0.29, 0.717) is 5.69 Å². The number of rotatable bonds is 6. The lowest BCUT2D eigenvalue weighted by Gasteiger charge is -2.08. The summed E-state index contributed by atoms with van der Waals surface area (Å²) in [5.74, 6) is -1.72. The van der Waals surface area contributed by atoms with E-state index in [4.69, 9.17) is 11.6 Å². The number of nitrogens with one attached hydrogen (secondary N) is 2. The zero-order valence-electron chi connectivity index (χ0n) is 14.6. The Morgan fingerprint density at radius 3 is 2.81 bits per heavy atom. The lowest BCUT2D eigenvalue weighted by Crippen LogP contribution is -2.14. The molecule has 27 heavy (non-hydrogen) atoms. The first-order valence-electron chi connectivity index (χ1n) is 8.43. The Kier molecular flexibility index (Phi) is 5.66. The quantitative estimate of drug-likeness (QED) is 0.607. The van der Waals surface area contributed by atoms with E-state index < -0.39 is 17.5 Å². The summed E-state index contributed by atoms with van der Waals surface area (Å²) in [6.45, 7) is 2.02. The molecule has 0 saturated carbocycles. The minimum Gasteiger partial charge on any atom is -0.356 e. The molecule has 0 aliphatic rings. The van der Waals surface area contributed by atoms with Crippen molar-refractivity contribution in [1.82, 2.24) is 9.97 Å². The number of benzene rings is 1. The van der Waals surface area contributed by atoms with Gasteiger partial charge in [-0.05, 0) is 36.8 Å². The Labute approximate surface area is 160 Å². The summed E-state index contributed by atoms with van der Waals surface area (Å²) in [5.41, 5.74) is 1.50. The molecule has 2 N–H and O–H groups in total. The maximum Gasteiger partial charge on any atom is 0.272 e. The highest BCUT2D eigenvalue weighted by atomic mass is 35.5. The van der Waals surface area contributed by atoms with Crippen LogP contribution in [0, 0.1) is 5.82 Å². The zero-order valence-corrected chi connectivity index (χ0v) is 15.3. The smallest absolute Gasteiger partial charge is 0.272 e. The Balaban J connectivity index is 1.82. The summed E-state index contributed by atoms with van der Waals surface area (Å²) in [7, 11) is 0. The molecule has 7 heteroatoms. The van der Waals surface area contributed by atoms with Crippen LogP contribution in [0.15, 0.2) is 48.8 Å². The average molecular weight is 386 g/mol. The third kappa shape index (κ3) is 4.06. The van der Waals surface area contributed by atoms with E-state index in [9.17, 15) is 14.0 Å². The molecule has 2 aromatic heterocycles. The fraction of sp³-hybridized carbons (Fsp3) is 0.150. The maximum atomic E-state index is 14.0. The summed E-state index contributed by atoms with van der Waals surface area (Å²) in [5, 5.41) is 2.80. The first-order valence-corrected chi connectivity index (χ1v) is 8.81. The minimum absolute atomic E-state index is 0.0202. The van der Waals surface area contributed by atoms with E-state index in [1.165, 1.54) is 24.4 Å². The van der Waals surface area contributed by atoms with Crippen molar-refractivity contribution in [3.63, 3.8) is 0 Å². The predicted molar refractivity (Wildman–Crippen MR) is 102 cm³/mol. The average Bonchev–Trinajstić information content (AvgIpc) is 3.13. The van der Waals surface area contributed by atoms with Gasteiger partial charge in [-0.2, -0.15) is 0 Å². The molecule has 0 bridgehead atoms. The Hall–Kier alpha value is -2.99. The van der Waals surface area contributed by atoms with E-state index in [1.54, 1.807) is 18.3 Å². The summed E-state index contributed by atoms with van der Waals surface area (Å²) >= 11 is 5.94. The van der Waals surface area contributed by atoms with Crippen molar-refractivity contribution >= 4 is 29.0 Å². The molecule has 3 rings (SSSR count). The standard InChI is InChI=1S/C20H17ClFN3O2/c1-2-5-15-16(8-4-9-23-15)25-20(27)17-10-12(11-24-17)19(26)18-13(21)6-3-7-14(18)22/h3-4,6-11,24H,2,5H2,1H3,(H,25,27). The van der Waals surface area contributed by atoms with Crippen LogP contribution in [0.3, 0.4) is 0 Å². The number of carbonyl (C=O) groups excluding carboxylic acids is 2. The van der Waals surface area contributed by atoms with Crippen LogP contribution in [0.1, 0.15) is 45.4 Å². The van der Waals surface area contributed by atoms with Crippen LogP contribution >= 0.6 is 11.6 Å². The number of halogens is 2. The van der Waals surface area contributed by atoms with E-state index >= 15 is 0 Å². The number of aromatic amines is 1. The summed E-state index contributed by atoms with van der Waals surface area (Å²) in [6, 6.07) is 8.90. The SMILES string of the molecule is CCCc1ncccc1NC(=O)c1cc(C(=O)c2c(F)cccc2Cl)c[nH]1. The number of pyridine rings is 1. The topological polar surface area (TPSA) is 74.8 Å². The monoisotopic (exact) mass is 385 g/mol. The summed E-state index contributed by atoms with van der Waals surface area (Å²) < 4.78 is 14.0. The second-order valence-electron chi connectivity index (χ2n) is 5.93. The highest BCUT2D eigenvalue weighted by Crippen LogP contribution is 2.23. The first kappa shape index (κ1) is 18.8. The third-order valence-electron chi connectivity index (χ3n) is 4.00. The molecule has 0 aliphatic carbocycles. The number of aryl methyl sites for hydroxylation is 1. The van der Waals surface area contributed by atoms with Crippen LogP contribution in [-0.4, -0.2) is 21.7 Å². The van der Waals surface area contributed by atoms with Crippen molar-refractivity contribution < 1.29 is 14.0 Å². The number of H-pyrrole nitrogens is 1. The van der Waals surface area contributed by atoms with Crippen molar-refractivity contribution in [2.45, 2.75) is 19.8 Å². The van der Waals surface area contributed by atoms with Crippen molar-refractivity contribution in [3.05, 3.63) is 82.1 Å². The molecule has 5 nitrogen and oxygen atoms in total. The molecular formula is C20H17ClFN3O2. The van der Waals surface area contributed by atoms with E-state index in [1.807, 2.05) is 6.92 Å². The molecule has 2 heterocycles.